The Balaban J connectivity index is 1.53. The van der Waals surface area contributed by atoms with E-state index >= 15 is 0 Å². The van der Waals surface area contributed by atoms with Crippen molar-refractivity contribution < 1.29 is 23.9 Å². The molecule has 7 heteroatoms. The smallest absolute Gasteiger partial charge is 0.338 e. The molecule has 0 aliphatic heterocycles. The van der Waals surface area contributed by atoms with Crippen molar-refractivity contribution in [1.29, 1.82) is 0 Å². The summed E-state index contributed by atoms with van der Waals surface area (Å²) in [5, 5.41) is 0.988. The zero-order valence-electron chi connectivity index (χ0n) is 16.8. The molecule has 0 atom stereocenters. The third-order valence-corrected chi connectivity index (χ3v) is 5.90. The number of Topliss-reactive ketones (excluding diaryl/α,β-unsaturated/α-hetero) is 1. The molecule has 162 valence electrons. The van der Waals surface area contributed by atoms with Gasteiger partial charge in [0, 0.05) is 15.6 Å². The molecule has 32 heavy (non-hydrogen) atoms. The number of hydrogen-bond acceptors (Lipinski definition) is 5. The molecular formula is C25H18Cl2O5. The van der Waals surface area contributed by atoms with Crippen LogP contribution in [-0.2, 0) is 15.9 Å². The molecule has 0 unspecified atom stereocenters. The average molecular weight is 469 g/mol. The second-order valence-electron chi connectivity index (χ2n) is 7.61. The predicted molar refractivity (Wildman–Crippen MR) is 120 cm³/mol. The van der Waals surface area contributed by atoms with Crippen LogP contribution in [0.1, 0.15) is 36.6 Å². The predicted octanol–water partition coefficient (Wildman–Crippen LogP) is 5.43. The number of rotatable bonds is 6. The molecule has 1 aliphatic carbocycles. The Morgan fingerprint density at radius 3 is 1.69 bits per heavy atom. The molecule has 0 saturated carbocycles. The van der Waals surface area contributed by atoms with Crippen LogP contribution in [0.3, 0.4) is 0 Å². The Labute approximate surface area is 194 Å². The topological polar surface area (TPSA) is 69.7 Å². The van der Waals surface area contributed by atoms with Gasteiger partial charge in [0.1, 0.15) is 18.6 Å². The fourth-order valence-electron chi connectivity index (χ4n) is 3.65. The van der Waals surface area contributed by atoms with E-state index in [-0.39, 0.29) is 19.0 Å². The van der Waals surface area contributed by atoms with Crippen LogP contribution in [-0.4, -0.2) is 30.9 Å². The maximum atomic E-state index is 13.3. The van der Waals surface area contributed by atoms with Crippen LogP contribution in [0, 0.1) is 5.41 Å². The van der Waals surface area contributed by atoms with E-state index in [0.717, 1.165) is 5.56 Å². The van der Waals surface area contributed by atoms with E-state index < -0.39 is 17.4 Å². The van der Waals surface area contributed by atoms with Gasteiger partial charge in [-0.2, -0.15) is 0 Å². The Hall–Kier alpha value is -3.15. The number of ketones is 1. The van der Waals surface area contributed by atoms with Crippen molar-refractivity contribution in [2.24, 2.45) is 5.41 Å². The van der Waals surface area contributed by atoms with Gasteiger partial charge in [0.15, 0.2) is 5.78 Å². The van der Waals surface area contributed by atoms with Crippen LogP contribution >= 0.6 is 23.2 Å². The lowest BCUT2D eigenvalue weighted by Crippen LogP contribution is -2.40. The summed E-state index contributed by atoms with van der Waals surface area (Å²) in [4.78, 5) is 38.3. The van der Waals surface area contributed by atoms with E-state index in [4.69, 9.17) is 32.7 Å². The summed E-state index contributed by atoms with van der Waals surface area (Å²) in [6, 6.07) is 19.7. The number of halogens is 2. The highest BCUT2D eigenvalue weighted by Gasteiger charge is 2.48. The van der Waals surface area contributed by atoms with Gasteiger partial charge in [0.25, 0.3) is 0 Å². The molecule has 0 fully saturated rings. The third-order valence-electron chi connectivity index (χ3n) is 5.39. The van der Waals surface area contributed by atoms with Crippen molar-refractivity contribution in [2.75, 3.05) is 13.2 Å². The van der Waals surface area contributed by atoms with Crippen LogP contribution < -0.4 is 0 Å². The van der Waals surface area contributed by atoms with Gasteiger partial charge in [0.05, 0.1) is 11.1 Å². The Morgan fingerprint density at radius 1 is 0.750 bits per heavy atom. The number of ether oxygens (including phenoxy) is 2. The Bertz CT molecular complexity index is 1110. The van der Waals surface area contributed by atoms with Gasteiger partial charge in [-0.25, -0.2) is 9.59 Å². The number of hydrogen-bond donors (Lipinski definition) is 0. The molecule has 0 bridgehead atoms. The molecule has 3 aromatic rings. The molecule has 0 saturated heterocycles. The zero-order chi connectivity index (χ0) is 22.7. The summed E-state index contributed by atoms with van der Waals surface area (Å²) in [5.41, 5.74) is 0.782. The molecule has 0 heterocycles. The lowest BCUT2D eigenvalue weighted by atomic mass is 9.85. The van der Waals surface area contributed by atoms with E-state index in [1.165, 1.54) is 0 Å². The molecule has 0 radical (unpaired) electrons. The van der Waals surface area contributed by atoms with Crippen molar-refractivity contribution in [3.63, 3.8) is 0 Å². The van der Waals surface area contributed by atoms with Crippen LogP contribution in [0.5, 0.6) is 0 Å². The number of carbonyl (C=O) groups is 3. The highest BCUT2D eigenvalue weighted by Crippen LogP contribution is 2.38. The third kappa shape index (κ3) is 4.54. The monoisotopic (exact) mass is 468 g/mol. The number of esters is 2. The second-order valence-corrected chi connectivity index (χ2v) is 8.48. The average Bonchev–Trinajstić information content (AvgIpc) is 3.09. The van der Waals surface area contributed by atoms with Gasteiger partial charge >= 0.3 is 11.9 Å². The molecule has 0 aromatic heterocycles. The van der Waals surface area contributed by atoms with Crippen molar-refractivity contribution in [2.45, 2.75) is 6.42 Å². The standard InChI is InChI=1S/C25H18Cl2O5/c26-19-9-5-16(6-10-19)23(29)31-14-25(13-18-3-1-2-4-21(18)22(25)28)15-32-24(30)17-7-11-20(27)12-8-17/h1-12H,13-15H2. The SMILES string of the molecule is O=C(OCC1(COC(=O)c2ccc(Cl)cc2)Cc2ccccc2C1=O)c1ccc(Cl)cc1. The first-order chi connectivity index (χ1) is 15.4. The molecular weight excluding hydrogens is 451 g/mol. The van der Waals surface area contributed by atoms with Crippen LogP contribution in [0.25, 0.3) is 0 Å². The second kappa shape index (κ2) is 9.15. The van der Waals surface area contributed by atoms with Gasteiger partial charge in [0.2, 0.25) is 0 Å². The molecule has 4 rings (SSSR count). The summed E-state index contributed by atoms with van der Waals surface area (Å²) in [6.07, 6.45) is 0.295. The normalized spacial score (nSPS) is 14.0. The molecule has 0 N–H and O–H groups in total. The largest absolute Gasteiger partial charge is 0.461 e. The van der Waals surface area contributed by atoms with Crippen molar-refractivity contribution in [3.8, 4) is 0 Å². The van der Waals surface area contributed by atoms with E-state index in [0.29, 0.717) is 33.2 Å². The first-order valence-electron chi connectivity index (χ1n) is 9.86. The Morgan fingerprint density at radius 2 is 1.22 bits per heavy atom. The van der Waals surface area contributed by atoms with Gasteiger partial charge in [-0.15, -0.1) is 0 Å². The minimum absolute atomic E-state index is 0.221. The maximum Gasteiger partial charge on any atom is 0.338 e. The van der Waals surface area contributed by atoms with Crippen LogP contribution in [0.15, 0.2) is 72.8 Å². The van der Waals surface area contributed by atoms with Gasteiger partial charge in [-0.05, 0) is 60.5 Å². The summed E-state index contributed by atoms with van der Waals surface area (Å²) in [5.74, 6) is -1.40. The quantitative estimate of drug-likeness (QED) is 0.450. The van der Waals surface area contributed by atoms with Crippen molar-refractivity contribution in [1.82, 2.24) is 0 Å². The minimum atomic E-state index is -1.20. The van der Waals surface area contributed by atoms with E-state index in [2.05, 4.69) is 0 Å². The number of benzene rings is 3. The molecule has 5 nitrogen and oxygen atoms in total. The summed E-state index contributed by atoms with van der Waals surface area (Å²) in [6.45, 7) is -0.453. The van der Waals surface area contributed by atoms with Crippen LogP contribution in [0.4, 0.5) is 0 Å². The summed E-state index contributed by atoms with van der Waals surface area (Å²) >= 11 is 11.7. The minimum Gasteiger partial charge on any atom is -0.461 e. The lowest BCUT2D eigenvalue weighted by Gasteiger charge is -2.26. The first kappa shape index (κ1) is 22.1. The van der Waals surface area contributed by atoms with E-state index in [1.807, 2.05) is 12.1 Å². The highest BCUT2D eigenvalue weighted by atomic mass is 35.5. The molecule has 0 amide bonds. The molecule has 3 aromatic carbocycles. The summed E-state index contributed by atoms with van der Waals surface area (Å²) < 4.78 is 11.0. The van der Waals surface area contributed by atoms with Crippen LogP contribution in [0.2, 0.25) is 10.0 Å². The zero-order valence-corrected chi connectivity index (χ0v) is 18.4. The fourth-order valence-corrected chi connectivity index (χ4v) is 3.90. The first-order valence-corrected chi connectivity index (χ1v) is 10.6. The molecule has 0 spiro atoms. The highest BCUT2D eigenvalue weighted by molar-refractivity contribution is 6.31. The molecule has 1 aliphatic rings. The summed E-state index contributed by atoms with van der Waals surface area (Å²) in [7, 11) is 0. The van der Waals surface area contributed by atoms with E-state index in [1.54, 1.807) is 60.7 Å². The number of carbonyl (C=O) groups excluding carboxylic acids is 3. The Kier molecular flexibility index (Phi) is 6.31. The van der Waals surface area contributed by atoms with E-state index in [9.17, 15) is 14.4 Å². The van der Waals surface area contributed by atoms with Crippen molar-refractivity contribution >= 4 is 40.9 Å². The number of fused-ring (bicyclic) bond motifs is 1. The van der Waals surface area contributed by atoms with Gasteiger partial charge in [-0.3, -0.25) is 4.79 Å². The maximum absolute atomic E-state index is 13.3. The fraction of sp³-hybridized carbons (Fsp3) is 0.160. The van der Waals surface area contributed by atoms with Crippen molar-refractivity contribution in [3.05, 3.63) is 105 Å². The van der Waals surface area contributed by atoms with Gasteiger partial charge < -0.3 is 9.47 Å². The van der Waals surface area contributed by atoms with Gasteiger partial charge in [-0.1, -0.05) is 47.5 Å². The lowest BCUT2D eigenvalue weighted by molar-refractivity contribution is 0.00275.